The lowest BCUT2D eigenvalue weighted by molar-refractivity contribution is -0.138. The van der Waals surface area contributed by atoms with Crippen molar-refractivity contribution in [3.8, 4) is 11.4 Å². The van der Waals surface area contributed by atoms with Gasteiger partial charge in [-0.1, -0.05) is 26.0 Å². The fraction of sp³-hybridized carbons (Fsp3) is 0.568. The largest absolute Gasteiger partial charge is 0.496 e. The van der Waals surface area contributed by atoms with Gasteiger partial charge in [0.2, 0.25) is 5.91 Å². The van der Waals surface area contributed by atoms with Crippen molar-refractivity contribution < 1.29 is 19.4 Å². The average molecular weight is 613 g/mol. The van der Waals surface area contributed by atoms with Crippen molar-refractivity contribution in [3.63, 3.8) is 0 Å². The zero-order chi connectivity index (χ0) is 31.8. The molecule has 8 heteroatoms. The number of carboxylic acid groups (broad SMARTS) is 1. The zero-order valence-electron chi connectivity index (χ0n) is 27.3. The first-order chi connectivity index (χ1) is 21.6. The highest BCUT2D eigenvalue weighted by atomic mass is 16.5. The van der Waals surface area contributed by atoms with Gasteiger partial charge >= 0.3 is 5.97 Å². The Kier molecular flexibility index (Phi) is 8.77. The molecule has 2 bridgehead atoms. The van der Waals surface area contributed by atoms with Gasteiger partial charge in [-0.3, -0.25) is 14.5 Å². The van der Waals surface area contributed by atoms with Gasteiger partial charge < -0.3 is 14.4 Å². The molecule has 0 saturated heterocycles. The van der Waals surface area contributed by atoms with Crippen LogP contribution in [0.1, 0.15) is 107 Å². The summed E-state index contributed by atoms with van der Waals surface area (Å²) in [6.07, 6.45) is 15.6. The minimum Gasteiger partial charge on any atom is -0.496 e. The van der Waals surface area contributed by atoms with Gasteiger partial charge in [0.25, 0.3) is 0 Å². The van der Waals surface area contributed by atoms with Gasteiger partial charge in [0, 0.05) is 37.3 Å². The molecule has 45 heavy (non-hydrogen) atoms. The Hall–Kier alpha value is -3.68. The maximum atomic E-state index is 14.4. The second-order valence-corrected chi connectivity index (χ2v) is 14.4. The number of benzene rings is 1. The molecule has 4 aliphatic carbocycles. The number of aryl methyl sites for hydroxylation is 1. The van der Waals surface area contributed by atoms with Crippen LogP contribution < -0.4 is 9.64 Å². The number of imidazole rings is 1. The highest BCUT2D eigenvalue weighted by molar-refractivity contribution is 5.94. The van der Waals surface area contributed by atoms with Crippen LogP contribution >= 0.6 is 0 Å². The number of fused-ring (bicyclic) bond motifs is 3. The third-order valence-corrected chi connectivity index (χ3v) is 11.3. The summed E-state index contributed by atoms with van der Waals surface area (Å²) in [6.45, 7) is 7.07. The van der Waals surface area contributed by atoms with E-state index in [2.05, 4.69) is 50.2 Å². The molecule has 0 radical (unpaired) electrons. The van der Waals surface area contributed by atoms with E-state index in [9.17, 15) is 14.7 Å². The second-order valence-electron chi connectivity index (χ2n) is 14.4. The number of pyridine rings is 1. The SMILES string of the molecule is COc1ccc(C23CCC(CN(C(=O)C4CCC(CC(=O)O)CC4)c4cc(-n5cnc(C(C)C)c5)ccn4)(CC2)CC3)cc1C. The van der Waals surface area contributed by atoms with E-state index in [1.165, 1.54) is 11.1 Å². The number of ether oxygens (including phenoxy) is 1. The molecule has 2 heterocycles. The van der Waals surface area contributed by atoms with Crippen LogP contribution in [0.5, 0.6) is 5.75 Å². The molecule has 3 aromatic rings. The molecule has 1 amide bonds. The van der Waals surface area contributed by atoms with Crippen molar-refractivity contribution in [2.75, 3.05) is 18.6 Å². The number of carbonyl (C=O) groups is 2. The van der Waals surface area contributed by atoms with Crippen LogP contribution in [-0.4, -0.2) is 45.2 Å². The standard InChI is InChI=1S/C37H48N4O4/c1-25(2)31-22-40(24-39-31)30-11-18-38-33(21-30)41(35(44)28-7-5-27(6-8-28)20-34(42)43)23-36-12-15-37(16-13-36,17-14-36)29-9-10-32(45-4)26(3)19-29/h9-11,18-19,21-22,24-25,27-28H,5-8,12-17,20,23H2,1-4H3,(H,42,43). The molecule has 8 nitrogen and oxygen atoms in total. The van der Waals surface area contributed by atoms with Crippen LogP contribution in [-0.2, 0) is 15.0 Å². The average Bonchev–Trinajstić information content (AvgIpc) is 3.56. The van der Waals surface area contributed by atoms with Crippen LogP contribution in [0.15, 0.2) is 49.1 Å². The van der Waals surface area contributed by atoms with Crippen molar-refractivity contribution in [3.05, 3.63) is 65.9 Å². The first-order valence-corrected chi connectivity index (χ1v) is 16.8. The number of hydrogen-bond acceptors (Lipinski definition) is 5. The Balaban J connectivity index is 1.25. The molecule has 7 rings (SSSR count). The maximum absolute atomic E-state index is 14.4. The Morgan fingerprint density at radius 3 is 2.33 bits per heavy atom. The predicted octanol–water partition coefficient (Wildman–Crippen LogP) is 7.61. The summed E-state index contributed by atoms with van der Waals surface area (Å²) < 4.78 is 7.55. The number of nitrogens with zero attached hydrogens (tertiary/aromatic N) is 4. The summed E-state index contributed by atoms with van der Waals surface area (Å²) in [7, 11) is 1.73. The second kappa shape index (κ2) is 12.6. The molecule has 0 aliphatic heterocycles. The van der Waals surface area contributed by atoms with Gasteiger partial charge in [0.15, 0.2) is 0 Å². The number of anilines is 1. The lowest BCUT2D eigenvalue weighted by Gasteiger charge is -2.55. The summed E-state index contributed by atoms with van der Waals surface area (Å²) in [5.41, 5.74) is 4.85. The fourth-order valence-electron chi connectivity index (χ4n) is 8.32. The lowest BCUT2D eigenvalue weighted by atomic mass is 9.51. The molecule has 1 N–H and O–H groups in total. The van der Waals surface area contributed by atoms with E-state index in [4.69, 9.17) is 9.72 Å². The van der Waals surface area contributed by atoms with E-state index in [0.717, 1.165) is 81.3 Å². The molecule has 4 fully saturated rings. The summed E-state index contributed by atoms with van der Waals surface area (Å²) in [5, 5.41) is 9.30. The molecule has 1 aromatic carbocycles. The monoisotopic (exact) mass is 612 g/mol. The number of hydrogen-bond donors (Lipinski definition) is 1. The van der Waals surface area contributed by atoms with Gasteiger partial charge in [-0.2, -0.15) is 0 Å². The molecule has 0 atom stereocenters. The molecular weight excluding hydrogens is 564 g/mol. The molecular formula is C37H48N4O4. The summed E-state index contributed by atoms with van der Waals surface area (Å²) in [5.74, 6) is 1.41. The third kappa shape index (κ3) is 6.38. The van der Waals surface area contributed by atoms with E-state index in [0.29, 0.717) is 18.3 Å². The quantitative estimate of drug-likeness (QED) is 0.253. The van der Waals surface area contributed by atoms with E-state index in [1.54, 1.807) is 13.3 Å². The van der Waals surface area contributed by atoms with Crippen molar-refractivity contribution in [2.24, 2.45) is 17.3 Å². The van der Waals surface area contributed by atoms with Gasteiger partial charge in [-0.15, -0.1) is 0 Å². The van der Waals surface area contributed by atoms with E-state index in [-0.39, 0.29) is 35.0 Å². The van der Waals surface area contributed by atoms with Crippen LogP contribution in [0.3, 0.4) is 0 Å². The van der Waals surface area contributed by atoms with E-state index in [1.807, 2.05) is 27.9 Å². The van der Waals surface area contributed by atoms with Crippen molar-refractivity contribution in [1.82, 2.24) is 14.5 Å². The summed E-state index contributed by atoms with van der Waals surface area (Å²) in [4.78, 5) is 37.1. The predicted molar refractivity (Wildman–Crippen MR) is 175 cm³/mol. The number of rotatable bonds is 10. The van der Waals surface area contributed by atoms with Crippen molar-refractivity contribution in [2.45, 2.75) is 103 Å². The smallest absolute Gasteiger partial charge is 0.303 e. The molecule has 4 saturated carbocycles. The number of aliphatic carboxylic acids is 1. The highest BCUT2D eigenvalue weighted by Crippen LogP contribution is 2.58. The minimum atomic E-state index is -0.748. The number of aromatic nitrogens is 3. The molecule has 2 aromatic heterocycles. The Morgan fingerprint density at radius 1 is 1.02 bits per heavy atom. The van der Waals surface area contributed by atoms with Crippen molar-refractivity contribution in [1.29, 1.82) is 0 Å². The normalized spacial score (nSPS) is 26.2. The Labute approximate surface area is 267 Å². The molecule has 0 spiro atoms. The Bertz CT molecular complexity index is 1510. The first-order valence-electron chi connectivity index (χ1n) is 16.8. The van der Waals surface area contributed by atoms with Gasteiger partial charge in [0.05, 0.1) is 24.8 Å². The number of carbonyl (C=O) groups excluding carboxylic acids is 1. The lowest BCUT2D eigenvalue weighted by Crippen LogP contribution is -2.52. The van der Waals surface area contributed by atoms with E-state index >= 15 is 0 Å². The zero-order valence-corrected chi connectivity index (χ0v) is 27.3. The van der Waals surface area contributed by atoms with Crippen LogP contribution in [0.4, 0.5) is 5.82 Å². The topological polar surface area (TPSA) is 97.6 Å². The third-order valence-electron chi connectivity index (χ3n) is 11.3. The van der Waals surface area contributed by atoms with Crippen LogP contribution in [0.25, 0.3) is 5.69 Å². The first kappa shape index (κ1) is 31.3. The van der Waals surface area contributed by atoms with Crippen LogP contribution in [0, 0.1) is 24.2 Å². The molecule has 0 unspecified atom stereocenters. The number of amides is 1. The van der Waals surface area contributed by atoms with Crippen molar-refractivity contribution >= 4 is 17.7 Å². The highest BCUT2D eigenvalue weighted by Gasteiger charge is 2.51. The Morgan fingerprint density at radius 2 is 1.73 bits per heavy atom. The fourth-order valence-corrected chi connectivity index (χ4v) is 8.32. The number of carboxylic acids is 1. The summed E-state index contributed by atoms with van der Waals surface area (Å²) in [6, 6.07) is 10.7. The molecule has 4 aliphatic rings. The van der Waals surface area contributed by atoms with Gasteiger partial charge in [-0.25, -0.2) is 9.97 Å². The number of methoxy groups -OCH3 is 1. The van der Waals surface area contributed by atoms with E-state index < -0.39 is 5.97 Å². The maximum Gasteiger partial charge on any atom is 0.303 e. The molecule has 240 valence electrons. The van der Waals surface area contributed by atoms with Crippen LogP contribution in [0.2, 0.25) is 0 Å². The minimum absolute atomic E-state index is 0.0664. The van der Waals surface area contributed by atoms with Gasteiger partial charge in [-0.05, 0) is 117 Å². The summed E-state index contributed by atoms with van der Waals surface area (Å²) >= 11 is 0. The van der Waals surface area contributed by atoms with Gasteiger partial charge in [0.1, 0.15) is 11.6 Å².